The molecule has 1 aliphatic carbocycles. The van der Waals surface area contributed by atoms with Crippen LogP contribution in [0.5, 0.6) is 0 Å². The van der Waals surface area contributed by atoms with Crippen molar-refractivity contribution in [2.24, 2.45) is 0 Å². The van der Waals surface area contributed by atoms with Crippen molar-refractivity contribution in [3.05, 3.63) is 34.9 Å². The van der Waals surface area contributed by atoms with Crippen molar-refractivity contribution in [2.45, 2.75) is 38.1 Å². The number of nitriles is 1. The quantitative estimate of drug-likeness (QED) is 0.637. The molecule has 2 fully saturated rings. The second-order valence-corrected chi connectivity index (χ2v) is 8.42. The smallest absolute Gasteiger partial charge is 0.225 e. The zero-order valence-corrected chi connectivity index (χ0v) is 18.5. The predicted molar refractivity (Wildman–Crippen MR) is 117 cm³/mol. The maximum Gasteiger partial charge on any atom is 0.225 e. The van der Waals surface area contributed by atoms with E-state index in [4.69, 9.17) is 21.3 Å². The predicted octanol–water partition coefficient (Wildman–Crippen LogP) is 3.01. The van der Waals surface area contributed by atoms with Crippen LogP contribution in [-0.4, -0.2) is 65.2 Å². The van der Waals surface area contributed by atoms with E-state index in [1.54, 1.807) is 13.2 Å². The highest BCUT2D eigenvalue weighted by atomic mass is 35.5. The standard InChI is InChI=1S/C22H25ClN6O2/c1-14-12-28(6-7-29(14)20(30)5-8-31-2)22-16(11-24)9-17(21(27-22)15-3-4-15)18-10-19(23)26-13-25-18/h9-10,13-15H,3-8,12H2,1-2H3. The number of nitrogens with zero attached hydrogens (tertiary/aromatic N) is 6. The van der Waals surface area contributed by atoms with Crippen molar-refractivity contribution >= 4 is 23.3 Å². The largest absolute Gasteiger partial charge is 0.384 e. The Morgan fingerprint density at radius 1 is 1.32 bits per heavy atom. The fourth-order valence-electron chi connectivity index (χ4n) is 4.05. The van der Waals surface area contributed by atoms with Crippen LogP contribution in [0, 0.1) is 11.3 Å². The number of hydrogen-bond donors (Lipinski definition) is 0. The van der Waals surface area contributed by atoms with Gasteiger partial charge < -0.3 is 14.5 Å². The van der Waals surface area contributed by atoms with Crippen LogP contribution in [0.1, 0.15) is 43.4 Å². The van der Waals surface area contributed by atoms with Crippen molar-refractivity contribution in [3.63, 3.8) is 0 Å². The summed E-state index contributed by atoms with van der Waals surface area (Å²) in [7, 11) is 1.60. The lowest BCUT2D eigenvalue weighted by atomic mass is 10.0. The van der Waals surface area contributed by atoms with Crippen LogP contribution >= 0.6 is 11.6 Å². The number of rotatable bonds is 6. The van der Waals surface area contributed by atoms with Crippen molar-refractivity contribution < 1.29 is 9.53 Å². The molecule has 1 saturated carbocycles. The lowest BCUT2D eigenvalue weighted by molar-refractivity contribution is -0.134. The van der Waals surface area contributed by atoms with Crippen LogP contribution in [-0.2, 0) is 9.53 Å². The van der Waals surface area contributed by atoms with Gasteiger partial charge in [-0.25, -0.2) is 15.0 Å². The van der Waals surface area contributed by atoms with E-state index < -0.39 is 0 Å². The molecule has 1 atom stereocenters. The molecule has 8 nitrogen and oxygen atoms in total. The van der Waals surface area contributed by atoms with Crippen molar-refractivity contribution in [1.29, 1.82) is 5.26 Å². The highest BCUT2D eigenvalue weighted by Gasteiger charge is 2.33. The molecule has 0 aromatic carbocycles. The van der Waals surface area contributed by atoms with E-state index >= 15 is 0 Å². The number of ether oxygens (including phenoxy) is 1. The number of piperazine rings is 1. The number of pyridine rings is 1. The van der Waals surface area contributed by atoms with Crippen LogP contribution in [0.3, 0.4) is 0 Å². The number of carbonyl (C=O) groups excluding carboxylic acids is 1. The summed E-state index contributed by atoms with van der Waals surface area (Å²) in [6, 6.07) is 5.90. The van der Waals surface area contributed by atoms with E-state index in [1.807, 2.05) is 17.9 Å². The number of amides is 1. The second kappa shape index (κ2) is 9.16. The number of hydrogen-bond acceptors (Lipinski definition) is 7. The van der Waals surface area contributed by atoms with Gasteiger partial charge in [0.15, 0.2) is 0 Å². The third-order valence-electron chi connectivity index (χ3n) is 5.79. The van der Waals surface area contributed by atoms with Gasteiger partial charge in [0.2, 0.25) is 5.91 Å². The molecule has 0 spiro atoms. The second-order valence-electron chi connectivity index (χ2n) is 8.03. The van der Waals surface area contributed by atoms with Crippen LogP contribution in [0.2, 0.25) is 5.15 Å². The minimum Gasteiger partial charge on any atom is -0.384 e. The molecule has 0 N–H and O–H groups in total. The summed E-state index contributed by atoms with van der Waals surface area (Å²) in [5.41, 5.74) is 2.98. The minimum absolute atomic E-state index is 0.0242. The van der Waals surface area contributed by atoms with Gasteiger partial charge in [-0.2, -0.15) is 5.26 Å². The first-order valence-corrected chi connectivity index (χ1v) is 10.9. The molecule has 3 heterocycles. The maximum absolute atomic E-state index is 12.5. The van der Waals surface area contributed by atoms with E-state index in [2.05, 4.69) is 20.9 Å². The topological polar surface area (TPSA) is 95.2 Å². The molecule has 31 heavy (non-hydrogen) atoms. The number of halogens is 1. The molecule has 162 valence electrons. The van der Waals surface area contributed by atoms with Gasteiger partial charge in [-0.15, -0.1) is 0 Å². The van der Waals surface area contributed by atoms with Crippen LogP contribution in [0.4, 0.5) is 5.82 Å². The molecule has 1 saturated heterocycles. The highest BCUT2D eigenvalue weighted by Crippen LogP contribution is 2.44. The Morgan fingerprint density at radius 3 is 2.77 bits per heavy atom. The Bertz CT molecular complexity index is 1020. The molecule has 1 unspecified atom stereocenters. The van der Waals surface area contributed by atoms with Gasteiger partial charge in [-0.3, -0.25) is 4.79 Å². The average Bonchev–Trinajstić information content (AvgIpc) is 3.62. The summed E-state index contributed by atoms with van der Waals surface area (Å²) in [4.78, 5) is 29.7. The average molecular weight is 441 g/mol. The number of carbonyl (C=O) groups is 1. The Hall–Kier alpha value is -2.76. The molecular weight excluding hydrogens is 416 g/mol. The van der Waals surface area contributed by atoms with Gasteiger partial charge in [0.1, 0.15) is 23.4 Å². The molecule has 2 aromatic heterocycles. The van der Waals surface area contributed by atoms with E-state index in [0.29, 0.717) is 60.8 Å². The summed E-state index contributed by atoms with van der Waals surface area (Å²) in [5, 5.41) is 10.2. The summed E-state index contributed by atoms with van der Waals surface area (Å²) >= 11 is 6.07. The van der Waals surface area contributed by atoms with Crippen molar-refractivity contribution in [2.75, 3.05) is 38.3 Å². The van der Waals surface area contributed by atoms with E-state index in [0.717, 1.165) is 24.1 Å². The van der Waals surface area contributed by atoms with E-state index in [-0.39, 0.29) is 11.9 Å². The summed E-state index contributed by atoms with van der Waals surface area (Å²) in [6.45, 7) is 4.31. The molecule has 0 bridgehead atoms. The first kappa shape index (κ1) is 21.5. The van der Waals surface area contributed by atoms with Crippen molar-refractivity contribution in [3.8, 4) is 17.3 Å². The molecule has 4 rings (SSSR count). The Labute approximate surface area is 186 Å². The maximum atomic E-state index is 12.5. The Morgan fingerprint density at radius 2 is 2.13 bits per heavy atom. The molecule has 1 amide bonds. The lowest BCUT2D eigenvalue weighted by Crippen LogP contribution is -2.54. The minimum atomic E-state index is 0.0242. The van der Waals surface area contributed by atoms with Crippen molar-refractivity contribution in [1.82, 2.24) is 19.9 Å². The normalized spacial score (nSPS) is 18.7. The van der Waals surface area contributed by atoms with Gasteiger partial charge >= 0.3 is 0 Å². The number of aromatic nitrogens is 3. The van der Waals surface area contributed by atoms with Gasteiger partial charge in [0.25, 0.3) is 0 Å². The van der Waals surface area contributed by atoms with E-state index in [9.17, 15) is 10.1 Å². The molecule has 2 aromatic rings. The molecule has 9 heteroatoms. The van der Waals surface area contributed by atoms with Crippen LogP contribution in [0.25, 0.3) is 11.3 Å². The van der Waals surface area contributed by atoms with Gasteiger partial charge in [0.05, 0.1) is 30.0 Å². The summed E-state index contributed by atoms with van der Waals surface area (Å²) < 4.78 is 5.03. The fourth-order valence-corrected chi connectivity index (χ4v) is 4.20. The van der Waals surface area contributed by atoms with Gasteiger partial charge in [-0.05, 0) is 25.8 Å². The zero-order chi connectivity index (χ0) is 22.0. The van der Waals surface area contributed by atoms with E-state index in [1.165, 1.54) is 6.33 Å². The summed E-state index contributed by atoms with van der Waals surface area (Å²) in [6.07, 6.45) is 3.95. The first-order chi connectivity index (χ1) is 15.0. The Kier molecular flexibility index (Phi) is 6.35. The monoisotopic (exact) mass is 440 g/mol. The first-order valence-electron chi connectivity index (χ1n) is 10.5. The lowest BCUT2D eigenvalue weighted by Gasteiger charge is -2.41. The highest BCUT2D eigenvalue weighted by molar-refractivity contribution is 6.29. The molecule has 0 radical (unpaired) electrons. The molecule has 1 aliphatic heterocycles. The number of methoxy groups -OCH3 is 1. The SMILES string of the molecule is COCCC(=O)N1CCN(c2nc(C3CC3)c(-c3cc(Cl)ncn3)cc2C#N)CC1C. The van der Waals surface area contributed by atoms with Gasteiger partial charge in [-0.1, -0.05) is 11.6 Å². The molecular formula is C22H25ClN6O2. The third kappa shape index (κ3) is 4.63. The van der Waals surface area contributed by atoms with Crippen LogP contribution < -0.4 is 4.90 Å². The number of anilines is 1. The molecule has 2 aliphatic rings. The Balaban J connectivity index is 1.63. The fraction of sp³-hybridized carbons (Fsp3) is 0.500. The van der Waals surface area contributed by atoms with Gasteiger partial charge in [0, 0.05) is 50.3 Å². The third-order valence-corrected chi connectivity index (χ3v) is 6.00. The summed E-state index contributed by atoms with van der Waals surface area (Å²) in [5.74, 6) is 1.14. The van der Waals surface area contributed by atoms with Crippen LogP contribution in [0.15, 0.2) is 18.5 Å². The zero-order valence-electron chi connectivity index (χ0n) is 17.7.